The third kappa shape index (κ3) is 4.62. The fourth-order valence-electron chi connectivity index (χ4n) is 1.38. The molecule has 0 N–H and O–H groups in total. The molecule has 0 atom stereocenters. The van der Waals surface area contributed by atoms with E-state index < -0.39 is 18.0 Å². The normalized spacial score (nSPS) is 10.1. The lowest BCUT2D eigenvalue weighted by Crippen LogP contribution is -2.38. The van der Waals surface area contributed by atoms with Crippen molar-refractivity contribution in [3.8, 4) is 5.75 Å². The number of carbonyl (C=O) groups excluding carboxylic acids is 2. The van der Waals surface area contributed by atoms with Gasteiger partial charge in [-0.1, -0.05) is 17.7 Å². The Hall–Kier alpha value is -2.04. The maximum absolute atomic E-state index is 11.7. The van der Waals surface area contributed by atoms with Gasteiger partial charge in [0.05, 0.1) is 13.2 Å². The van der Waals surface area contributed by atoms with Gasteiger partial charge < -0.3 is 14.2 Å². The first-order valence-corrected chi connectivity index (χ1v) is 6.15. The lowest BCUT2D eigenvalue weighted by Gasteiger charge is -2.16. The highest BCUT2D eigenvalue weighted by Gasteiger charge is 2.31. The van der Waals surface area contributed by atoms with Crippen LogP contribution in [0.4, 0.5) is 0 Å². The largest absolute Gasteiger partial charge is 0.467 e. The molecule has 5 heteroatoms. The maximum Gasteiger partial charge on any atom is 0.359 e. The lowest BCUT2D eigenvalue weighted by atomic mass is 10.2. The van der Waals surface area contributed by atoms with Gasteiger partial charge in [0, 0.05) is 0 Å². The van der Waals surface area contributed by atoms with Crippen LogP contribution < -0.4 is 4.74 Å². The van der Waals surface area contributed by atoms with Crippen LogP contribution in [0.5, 0.6) is 5.75 Å². The highest BCUT2D eigenvalue weighted by Crippen LogP contribution is 2.14. The second kappa shape index (κ2) is 7.41. The van der Waals surface area contributed by atoms with Gasteiger partial charge in [-0.15, -0.1) is 0 Å². The number of esters is 2. The molecule has 0 bridgehead atoms. The number of hydrogen-bond donors (Lipinski definition) is 0. The van der Waals surface area contributed by atoms with E-state index in [0.29, 0.717) is 5.75 Å². The van der Waals surface area contributed by atoms with E-state index in [9.17, 15) is 9.59 Å². The predicted octanol–water partition coefficient (Wildman–Crippen LogP) is 1.87. The first kappa shape index (κ1) is 15.0. The van der Waals surface area contributed by atoms with Crippen molar-refractivity contribution in [2.45, 2.75) is 26.9 Å². The molecule has 1 rings (SSSR count). The molecule has 0 aliphatic rings. The minimum absolute atomic E-state index is 0.173. The van der Waals surface area contributed by atoms with E-state index in [1.807, 2.05) is 19.1 Å². The molecule has 0 amide bonds. The van der Waals surface area contributed by atoms with Crippen molar-refractivity contribution in [1.29, 1.82) is 0 Å². The molecule has 0 saturated heterocycles. The summed E-state index contributed by atoms with van der Waals surface area (Å²) in [6, 6.07) is 7.01. The molecule has 0 saturated carbocycles. The molecular weight excluding hydrogens is 248 g/mol. The number of rotatable bonds is 6. The fraction of sp³-hybridized carbons (Fsp3) is 0.429. The highest BCUT2D eigenvalue weighted by atomic mass is 16.6. The van der Waals surface area contributed by atoms with Crippen molar-refractivity contribution in [2.75, 3.05) is 13.2 Å². The summed E-state index contributed by atoms with van der Waals surface area (Å²) in [4.78, 5) is 23.4. The van der Waals surface area contributed by atoms with E-state index in [1.165, 1.54) is 0 Å². The van der Waals surface area contributed by atoms with Crippen molar-refractivity contribution in [1.82, 2.24) is 0 Å². The summed E-state index contributed by atoms with van der Waals surface area (Å²) in [5.74, 6) is -1.08. The number of hydrogen-bond acceptors (Lipinski definition) is 5. The molecule has 0 heterocycles. The van der Waals surface area contributed by atoms with E-state index in [0.717, 1.165) is 5.56 Å². The summed E-state index contributed by atoms with van der Waals surface area (Å²) in [5.41, 5.74) is 1.05. The van der Waals surface area contributed by atoms with Gasteiger partial charge in [0.15, 0.2) is 0 Å². The van der Waals surface area contributed by atoms with E-state index in [4.69, 9.17) is 14.2 Å². The monoisotopic (exact) mass is 266 g/mol. The van der Waals surface area contributed by atoms with Crippen LogP contribution in [0, 0.1) is 6.92 Å². The topological polar surface area (TPSA) is 61.8 Å². The van der Waals surface area contributed by atoms with Crippen molar-refractivity contribution in [2.24, 2.45) is 0 Å². The zero-order valence-electron chi connectivity index (χ0n) is 11.3. The molecular formula is C14H18O5. The first-order chi connectivity index (χ1) is 9.08. The van der Waals surface area contributed by atoms with Gasteiger partial charge in [-0.3, -0.25) is 0 Å². The van der Waals surface area contributed by atoms with Crippen LogP contribution in [-0.2, 0) is 19.1 Å². The predicted molar refractivity (Wildman–Crippen MR) is 68.9 cm³/mol. The van der Waals surface area contributed by atoms with Gasteiger partial charge in [0.2, 0.25) is 0 Å². The smallest absolute Gasteiger partial charge is 0.359 e. The molecule has 5 nitrogen and oxygen atoms in total. The Bertz CT molecular complexity index is 406. The van der Waals surface area contributed by atoms with Gasteiger partial charge in [-0.2, -0.15) is 0 Å². The van der Waals surface area contributed by atoms with E-state index in [1.54, 1.807) is 26.0 Å². The first-order valence-electron chi connectivity index (χ1n) is 6.15. The van der Waals surface area contributed by atoms with Gasteiger partial charge >= 0.3 is 11.9 Å². The van der Waals surface area contributed by atoms with Crippen LogP contribution in [-0.4, -0.2) is 31.3 Å². The van der Waals surface area contributed by atoms with E-state index in [-0.39, 0.29) is 13.2 Å². The molecule has 0 fully saturated rings. The maximum atomic E-state index is 11.7. The molecule has 1 aromatic carbocycles. The zero-order valence-corrected chi connectivity index (χ0v) is 11.3. The molecule has 1 aromatic rings. The SMILES string of the molecule is CCOC(=O)C(Oc1ccc(C)cc1)C(=O)OCC. The van der Waals surface area contributed by atoms with E-state index >= 15 is 0 Å². The second-order valence-corrected chi connectivity index (χ2v) is 3.82. The summed E-state index contributed by atoms with van der Waals surface area (Å²) in [6.07, 6.45) is -1.39. The summed E-state index contributed by atoms with van der Waals surface area (Å²) >= 11 is 0. The minimum atomic E-state index is -1.39. The van der Waals surface area contributed by atoms with Crippen LogP contribution in [0.1, 0.15) is 19.4 Å². The van der Waals surface area contributed by atoms with Crippen molar-refractivity contribution in [3.63, 3.8) is 0 Å². The van der Waals surface area contributed by atoms with Gasteiger partial charge in [0.1, 0.15) is 5.75 Å². The summed E-state index contributed by atoms with van der Waals surface area (Å²) in [6.45, 7) is 5.59. The minimum Gasteiger partial charge on any atom is -0.467 e. The Morgan fingerprint density at radius 1 is 1.00 bits per heavy atom. The Balaban J connectivity index is 2.81. The third-order valence-electron chi connectivity index (χ3n) is 2.28. The molecule has 0 aliphatic carbocycles. The standard InChI is InChI=1S/C14H18O5/c1-4-17-13(15)12(14(16)18-5-2)19-11-8-6-10(3)7-9-11/h6-9,12H,4-5H2,1-3H3. The van der Waals surface area contributed by atoms with Crippen LogP contribution in [0.2, 0.25) is 0 Å². The zero-order chi connectivity index (χ0) is 14.3. The molecule has 0 unspecified atom stereocenters. The van der Waals surface area contributed by atoms with Crippen molar-refractivity contribution >= 4 is 11.9 Å². The fourth-order valence-corrected chi connectivity index (χ4v) is 1.38. The third-order valence-corrected chi connectivity index (χ3v) is 2.28. The van der Waals surface area contributed by atoms with E-state index in [2.05, 4.69) is 0 Å². The Morgan fingerprint density at radius 3 is 1.89 bits per heavy atom. The molecule has 0 radical (unpaired) electrons. The van der Waals surface area contributed by atoms with Crippen LogP contribution in [0.15, 0.2) is 24.3 Å². The molecule has 0 aromatic heterocycles. The Kier molecular flexibility index (Phi) is 5.85. The molecule has 104 valence electrons. The summed E-state index contributed by atoms with van der Waals surface area (Å²) in [7, 11) is 0. The van der Waals surface area contributed by atoms with Gasteiger partial charge in [-0.05, 0) is 32.9 Å². The lowest BCUT2D eigenvalue weighted by molar-refractivity contribution is -0.166. The highest BCUT2D eigenvalue weighted by molar-refractivity contribution is 5.98. The number of carbonyl (C=O) groups is 2. The summed E-state index contributed by atoms with van der Waals surface area (Å²) in [5, 5.41) is 0. The summed E-state index contributed by atoms with van der Waals surface area (Å²) < 4.78 is 15.0. The van der Waals surface area contributed by atoms with Gasteiger partial charge in [0.25, 0.3) is 6.10 Å². The molecule has 19 heavy (non-hydrogen) atoms. The van der Waals surface area contributed by atoms with Crippen molar-refractivity contribution in [3.05, 3.63) is 29.8 Å². The molecule has 0 spiro atoms. The quantitative estimate of drug-likeness (QED) is 0.581. The number of benzene rings is 1. The van der Waals surface area contributed by atoms with Crippen LogP contribution in [0.3, 0.4) is 0 Å². The molecule has 0 aliphatic heterocycles. The average Bonchev–Trinajstić information content (AvgIpc) is 2.38. The van der Waals surface area contributed by atoms with Crippen molar-refractivity contribution < 1.29 is 23.8 Å². The number of aryl methyl sites for hydroxylation is 1. The van der Waals surface area contributed by atoms with Crippen LogP contribution >= 0.6 is 0 Å². The second-order valence-electron chi connectivity index (χ2n) is 3.82. The number of ether oxygens (including phenoxy) is 3. The Morgan fingerprint density at radius 2 is 1.47 bits per heavy atom. The van der Waals surface area contributed by atoms with Gasteiger partial charge in [-0.25, -0.2) is 9.59 Å². The van der Waals surface area contributed by atoms with Crippen LogP contribution in [0.25, 0.3) is 0 Å². The Labute approximate surface area is 112 Å². The average molecular weight is 266 g/mol.